The number of carbonyl (C=O) groups excluding carboxylic acids is 8. The third-order valence-corrected chi connectivity index (χ3v) is 8.50. The van der Waals surface area contributed by atoms with Crippen LogP contribution in [-0.2, 0) is 49.6 Å². The van der Waals surface area contributed by atoms with Crippen LogP contribution < -0.4 is 27.0 Å². The summed E-state index contributed by atoms with van der Waals surface area (Å²) < 4.78 is 11.2. The number of ether oxygens (including phenoxy) is 2. The molecule has 1 heterocycles. The number of nitrogens with zero attached hydrogens (tertiary/aromatic N) is 2. The van der Waals surface area contributed by atoms with Crippen molar-refractivity contribution in [1.29, 1.82) is 0 Å². The Bertz CT molecular complexity index is 1610. The van der Waals surface area contributed by atoms with Crippen LogP contribution in [0.1, 0.15) is 101 Å². The van der Waals surface area contributed by atoms with E-state index in [1.807, 2.05) is 41.5 Å². The minimum Gasteiger partial charge on any atom is -0.460 e. The number of anilines is 1. The van der Waals surface area contributed by atoms with Gasteiger partial charge < -0.3 is 41.4 Å². The van der Waals surface area contributed by atoms with Gasteiger partial charge in [-0.3, -0.25) is 38.5 Å². The highest BCUT2D eigenvalue weighted by molar-refractivity contribution is 6.14. The van der Waals surface area contributed by atoms with Gasteiger partial charge >= 0.3 is 12.0 Å². The molecule has 1 aliphatic heterocycles. The average molecular weight is 816 g/mol. The highest BCUT2D eigenvalue weighted by Crippen LogP contribution is 2.23. The molecule has 1 aliphatic rings. The van der Waals surface area contributed by atoms with Crippen LogP contribution in [0.15, 0.2) is 36.4 Å². The second-order valence-corrected chi connectivity index (χ2v) is 16.8. The second-order valence-electron chi connectivity index (χ2n) is 16.8. The minimum atomic E-state index is -0.969. The molecule has 0 radical (unpaired) electrons. The van der Waals surface area contributed by atoms with Gasteiger partial charge in [-0.25, -0.2) is 4.79 Å². The lowest BCUT2D eigenvalue weighted by molar-refractivity contribution is -0.154. The van der Waals surface area contributed by atoms with Crippen molar-refractivity contribution in [2.24, 2.45) is 17.1 Å². The van der Waals surface area contributed by atoms with Gasteiger partial charge in [-0.1, -0.05) is 32.9 Å². The van der Waals surface area contributed by atoms with Crippen LogP contribution in [-0.4, -0.2) is 107 Å². The van der Waals surface area contributed by atoms with Crippen LogP contribution in [0, 0.1) is 11.3 Å². The number of amides is 8. The summed E-state index contributed by atoms with van der Waals surface area (Å²) in [6.07, 6.45) is 3.38. The molecule has 8 amide bonds. The maximum Gasteiger partial charge on any atom is 0.312 e. The van der Waals surface area contributed by atoms with Crippen molar-refractivity contribution >= 4 is 53.1 Å². The number of nitrogens with two attached hydrogens (primary N) is 1. The fraction of sp³-hybridized carbons (Fsp3) is 0.610. The molecule has 6 N–H and O–H groups in total. The van der Waals surface area contributed by atoms with Gasteiger partial charge in [-0.05, 0) is 91.8 Å². The number of imide groups is 1. The van der Waals surface area contributed by atoms with Crippen molar-refractivity contribution in [3.05, 3.63) is 42.0 Å². The van der Waals surface area contributed by atoms with E-state index in [2.05, 4.69) is 21.3 Å². The molecule has 324 valence electrons. The molecule has 2 rings (SSSR count). The summed E-state index contributed by atoms with van der Waals surface area (Å²) in [6, 6.07) is 5.33. The minimum absolute atomic E-state index is 0.0521. The third kappa shape index (κ3) is 19.2. The van der Waals surface area contributed by atoms with Crippen molar-refractivity contribution in [2.75, 3.05) is 38.1 Å². The number of benzene rings is 1. The van der Waals surface area contributed by atoms with Crippen LogP contribution in [0.5, 0.6) is 0 Å². The lowest BCUT2D eigenvalue weighted by Gasteiger charge is -2.40. The van der Waals surface area contributed by atoms with Gasteiger partial charge in [0.05, 0.1) is 17.6 Å². The molecule has 0 fully saturated rings. The van der Waals surface area contributed by atoms with E-state index in [1.165, 1.54) is 4.90 Å². The zero-order chi connectivity index (χ0) is 44.4. The molecule has 0 spiro atoms. The van der Waals surface area contributed by atoms with Crippen molar-refractivity contribution < 1.29 is 47.8 Å². The molecule has 1 atom stereocenters. The number of rotatable bonds is 19. The van der Waals surface area contributed by atoms with Crippen LogP contribution in [0.3, 0.4) is 0 Å². The topological polar surface area (TPSA) is 236 Å². The molecule has 0 saturated carbocycles. The molecule has 1 unspecified atom stereocenters. The lowest BCUT2D eigenvalue weighted by atomic mass is 9.97. The van der Waals surface area contributed by atoms with Gasteiger partial charge in [0.25, 0.3) is 11.8 Å². The standard InChI is InChI=1S/C37H55N5O9.C4H10N2O/c1-24(2)32(33(48)38-21-28(44)39-26-13-11-25(12-14-26)23-50-34(49)35(3,4)5)40-27(43)17-19-42(37(9,10)18-20-51-36(6,7)8)31(47)22-41-29(45)15-16-30(41)46;1-2-3-6-4(5)7/h11-16,24,32H,17-23H2,1-10H3,(H,38,48)(H,39,44)(H,40,43);2-3H2,1H3,(H3,5,6,7). The largest absolute Gasteiger partial charge is 0.460 e. The predicted molar refractivity (Wildman–Crippen MR) is 219 cm³/mol. The molecule has 1 aromatic rings. The molecule has 17 nitrogen and oxygen atoms in total. The van der Waals surface area contributed by atoms with Crippen molar-refractivity contribution in [3.63, 3.8) is 0 Å². The number of esters is 1. The highest BCUT2D eigenvalue weighted by Gasteiger charge is 2.35. The summed E-state index contributed by atoms with van der Waals surface area (Å²) in [7, 11) is 0. The summed E-state index contributed by atoms with van der Waals surface area (Å²) in [5.74, 6) is -3.90. The van der Waals surface area contributed by atoms with Crippen LogP contribution in [0.25, 0.3) is 0 Å². The lowest BCUT2D eigenvalue weighted by Crippen LogP contribution is -2.54. The molecule has 0 aliphatic carbocycles. The summed E-state index contributed by atoms with van der Waals surface area (Å²) in [5.41, 5.74) is 4.11. The number of primary amides is 1. The quantitative estimate of drug-likeness (QED) is 0.101. The highest BCUT2D eigenvalue weighted by atomic mass is 16.5. The molecule has 0 bridgehead atoms. The number of hydrogen-bond acceptors (Lipinski definition) is 10. The SMILES string of the molecule is CC(C)C(NC(=O)CCN(C(=O)CN1C(=O)C=CC1=O)C(C)(C)CCOC(C)(C)C)C(=O)NCC(=O)Nc1ccc(COC(=O)C(C)(C)C)cc1.CCCNC(N)=O. The Kier molecular flexibility index (Phi) is 20.3. The zero-order valence-corrected chi connectivity index (χ0v) is 36.0. The van der Waals surface area contributed by atoms with E-state index >= 15 is 0 Å². The van der Waals surface area contributed by atoms with E-state index in [0.717, 1.165) is 29.0 Å². The Morgan fingerprint density at radius 1 is 0.862 bits per heavy atom. The molecule has 0 saturated heterocycles. The van der Waals surface area contributed by atoms with Crippen molar-refractivity contribution in [3.8, 4) is 0 Å². The van der Waals surface area contributed by atoms with E-state index in [4.69, 9.17) is 15.2 Å². The summed E-state index contributed by atoms with van der Waals surface area (Å²) in [5, 5.41) is 10.4. The molecule has 17 heteroatoms. The number of hydrogen-bond donors (Lipinski definition) is 5. The number of nitrogens with one attached hydrogen (secondary N) is 4. The van der Waals surface area contributed by atoms with E-state index in [-0.39, 0.29) is 38.0 Å². The van der Waals surface area contributed by atoms with Crippen molar-refractivity contribution in [2.45, 2.75) is 119 Å². The molecule has 0 aromatic heterocycles. The Labute approximate surface area is 342 Å². The summed E-state index contributed by atoms with van der Waals surface area (Å²) >= 11 is 0. The number of carbonyl (C=O) groups is 8. The molecular formula is C41H65N7O10. The maximum atomic E-state index is 13.5. The molecule has 1 aromatic carbocycles. The number of urea groups is 1. The van der Waals surface area contributed by atoms with Gasteiger partial charge in [0.2, 0.25) is 23.6 Å². The Balaban J connectivity index is 0.00000219. The Morgan fingerprint density at radius 3 is 1.93 bits per heavy atom. The van der Waals surface area contributed by atoms with E-state index in [1.54, 1.807) is 58.9 Å². The fourth-order valence-electron chi connectivity index (χ4n) is 5.09. The van der Waals surface area contributed by atoms with Gasteiger partial charge in [0.15, 0.2) is 0 Å². The first-order valence-corrected chi connectivity index (χ1v) is 19.4. The first-order valence-electron chi connectivity index (χ1n) is 19.4. The van der Waals surface area contributed by atoms with E-state index in [9.17, 15) is 38.4 Å². The summed E-state index contributed by atoms with van der Waals surface area (Å²) in [6.45, 7) is 20.3. The van der Waals surface area contributed by atoms with Crippen LogP contribution in [0.2, 0.25) is 0 Å². The second kappa shape index (κ2) is 23.2. The van der Waals surface area contributed by atoms with Crippen LogP contribution >= 0.6 is 0 Å². The first-order chi connectivity index (χ1) is 26.8. The summed E-state index contributed by atoms with van der Waals surface area (Å²) in [4.78, 5) is 101. The van der Waals surface area contributed by atoms with Gasteiger partial charge in [0.1, 0.15) is 19.2 Å². The molecular weight excluding hydrogens is 750 g/mol. The van der Waals surface area contributed by atoms with Crippen molar-refractivity contribution in [1.82, 2.24) is 25.8 Å². The first kappa shape index (κ1) is 50.7. The van der Waals surface area contributed by atoms with Gasteiger partial charge in [0, 0.05) is 49.5 Å². The average Bonchev–Trinajstić information content (AvgIpc) is 3.42. The zero-order valence-electron chi connectivity index (χ0n) is 36.0. The normalized spacial score (nSPS) is 13.3. The predicted octanol–water partition coefficient (Wildman–Crippen LogP) is 3.16. The maximum absolute atomic E-state index is 13.5. The Hall–Kier alpha value is -5.32. The van der Waals surface area contributed by atoms with E-state index in [0.29, 0.717) is 25.3 Å². The van der Waals surface area contributed by atoms with Gasteiger partial charge in [-0.15, -0.1) is 0 Å². The monoisotopic (exact) mass is 815 g/mol. The molecule has 58 heavy (non-hydrogen) atoms. The fourth-order valence-corrected chi connectivity index (χ4v) is 5.09. The third-order valence-electron chi connectivity index (χ3n) is 8.50. The van der Waals surface area contributed by atoms with Crippen LogP contribution in [0.4, 0.5) is 10.5 Å². The van der Waals surface area contributed by atoms with Gasteiger partial charge in [-0.2, -0.15) is 0 Å². The Morgan fingerprint density at radius 2 is 1.45 bits per heavy atom. The van der Waals surface area contributed by atoms with E-state index < -0.39 is 70.6 Å². The smallest absolute Gasteiger partial charge is 0.312 e.